The van der Waals surface area contributed by atoms with Crippen molar-refractivity contribution in [2.75, 3.05) is 5.32 Å². The van der Waals surface area contributed by atoms with Gasteiger partial charge in [0.25, 0.3) is 0 Å². The van der Waals surface area contributed by atoms with Crippen LogP contribution in [0.3, 0.4) is 0 Å². The number of hydrogen-bond acceptors (Lipinski definition) is 5. The van der Waals surface area contributed by atoms with Crippen molar-refractivity contribution in [3.05, 3.63) is 94.5 Å². The Morgan fingerprint density at radius 3 is 2.09 bits per heavy atom. The van der Waals surface area contributed by atoms with E-state index >= 15 is 0 Å². The smallest absolute Gasteiger partial charge is 0.417 e. The van der Waals surface area contributed by atoms with Gasteiger partial charge in [-0.2, -0.15) is 13.2 Å². The van der Waals surface area contributed by atoms with E-state index in [1.54, 1.807) is 45.0 Å². The summed E-state index contributed by atoms with van der Waals surface area (Å²) < 4.78 is 51.3. The van der Waals surface area contributed by atoms with E-state index in [-0.39, 0.29) is 24.4 Å². The molecule has 0 spiro atoms. The third-order valence-electron chi connectivity index (χ3n) is 6.48. The molecule has 3 rings (SSSR count). The maximum absolute atomic E-state index is 13.5. The highest BCUT2D eigenvalue weighted by molar-refractivity contribution is 6.31. The quantitative estimate of drug-likeness (QED) is 0.174. The van der Waals surface area contributed by atoms with E-state index in [2.05, 4.69) is 16.0 Å². The number of hydrogen-bond donors (Lipinski definition) is 3. The van der Waals surface area contributed by atoms with Crippen LogP contribution in [0.15, 0.2) is 72.8 Å². The summed E-state index contributed by atoms with van der Waals surface area (Å²) in [5.41, 5.74) is -0.382. The van der Waals surface area contributed by atoms with Crippen LogP contribution in [0, 0.1) is 5.92 Å². The molecule has 0 aromatic heterocycles. The van der Waals surface area contributed by atoms with Crippen molar-refractivity contribution in [1.82, 2.24) is 10.6 Å². The van der Waals surface area contributed by atoms with Crippen LogP contribution in [0.4, 0.5) is 23.7 Å². The molecule has 3 aromatic carbocycles. The average molecular weight is 662 g/mol. The summed E-state index contributed by atoms with van der Waals surface area (Å²) in [7, 11) is 0. The summed E-state index contributed by atoms with van der Waals surface area (Å²) in [6, 6.07) is 16.6. The summed E-state index contributed by atoms with van der Waals surface area (Å²) in [6.45, 7) is 9.17. The van der Waals surface area contributed by atoms with Crippen molar-refractivity contribution in [1.29, 1.82) is 0 Å². The van der Waals surface area contributed by atoms with E-state index in [4.69, 9.17) is 21.1 Å². The molecule has 0 bridgehead atoms. The highest BCUT2D eigenvalue weighted by Gasteiger charge is 2.34. The zero-order valence-electron chi connectivity index (χ0n) is 26.3. The Morgan fingerprint density at radius 1 is 0.848 bits per heavy atom. The van der Waals surface area contributed by atoms with Crippen molar-refractivity contribution in [2.24, 2.45) is 5.92 Å². The van der Waals surface area contributed by atoms with Gasteiger partial charge in [0.05, 0.1) is 10.6 Å². The van der Waals surface area contributed by atoms with E-state index in [1.807, 2.05) is 44.2 Å². The van der Waals surface area contributed by atoms with Crippen LogP contribution in [-0.4, -0.2) is 35.6 Å². The van der Waals surface area contributed by atoms with Gasteiger partial charge in [-0.05, 0) is 74.6 Å². The molecule has 2 atom stereocenters. The standard InChI is InChI=1S/C34H39ClF3N3O5/c1-21(2)17-28(41-32(44)39-24-13-16-27(35)26(19-24)34(36,37)38)30(42)40-29(31(43)46-33(3,4)5)18-22-11-14-25(15-12-22)45-20-23-9-7-6-8-10-23/h6-16,19,21,28-29H,17-18,20H2,1-5H3,(H,40,42)(H2,39,41,44). The summed E-state index contributed by atoms with van der Waals surface area (Å²) in [5.74, 6) is -0.763. The number of anilines is 1. The summed E-state index contributed by atoms with van der Waals surface area (Å²) in [4.78, 5) is 39.5. The first-order chi connectivity index (χ1) is 21.5. The first-order valence-corrected chi connectivity index (χ1v) is 15.1. The van der Waals surface area contributed by atoms with Crippen molar-refractivity contribution < 1.29 is 37.0 Å². The van der Waals surface area contributed by atoms with Crippen LogP contribution in [0.5, 0.6) is 5.75 Å². The van der Waals surface area contributed by atoms with Gasteiger partial charge in [-0.15, -0.1) is 0 Å². The second-order valence-electron chi connectivity index (χ2n) is 12.2. The molecule has 0 aliphatic heterocycles. The lowest BCUT2D eigenvalue weighted by Crippen LogP contribution is -2.54. The highest BCUT2D eigenvalue weighted by Crippen LogP contribution is 2.36. The van der Waals surface area contributed by atoms with Crippen molar-refractivity contribution in [3.8, 4) is 5.75 Å². The highest BCUT2D eigenvalue weighted by atomic mass is 35.5. The van der Waals surface area contributed by atoms with Gasteiger partial charge in [0.2, 0.25) is 5.91 Å². The molecule has 0 saturated heterocycles. The monoisotopic (exact) mass is 661 g/mol. The van der Waals surface area contributed by atoms with E-state index in [0.717, 1.165) is 17.2 Å². The zero-order valence-corrected chi connectivity index (χ0v) is 27.1. The fourth-order valence-electron chi connectivity index (χ4n) is 4.39. The maximum Gasteiger partial charge on any atom is 0.417 e. The number of nitrogens with one attached hydrogen (secondary N) is 3. The van der Waals surface area contributed by atoms with Gasteiger partial charge in [-0.1, -0.05) is 67.9 Å². The normalized spacial score (nSPS) is 13.0. The lowest BCUT2D eigenvalue weighted by molar-refractivity contribution is -0.158. The molecule has 248 valence electrons. The van der Waals surface area contributed by atoms with Gasteiger partial charge in [0.1, 0.15) is 30.0 Å². The van der Waals surface area contributed by atoms with Crippen LogP contribution in [0.2, 0.25) is 5.02 Å². The third-order valence-corrected chi connectivity index (χ3v) is 6.81. The largest absolute Gasteiger partial charge is 0.489 e. The van der Waals surface area contributed by atoms with Gasteiger partial charge in [-0.3, -0.25) is 4.79 Å². The first kappa shape index (κ1) is 36.2. The molecule has 0 aliphatic rings. The number of ether oxygens (including phenoxy) is 2. The van der Waals surface area contributed by atoms with E-state index < -0.39 is 52.4 Å². The molecule has 0 radical (unpaired) electrons. The predicted octanol–water partition coefficient (Wildman–Crippen LogP) is 7.54. The molecular formula is C34H39ClF3N3O5. The van der Waals surface area contributed by atoms with Crippen LogP contribution in [-0.2, 0) is 33.5 Å². The van der Waals surface area contributed by atoms with E-state index in [1.165, 1.54) is 6.07 Å². The number of alkyl halides is 3. The van der Waals surface area contributed by atoms with E-state index in [0.29, 0.717) is 18.4 Å². The lowest BCUT2D eigenvalue weighted by Gasteiger charge is -2.27. The van der Waals surface area contributed by atoms with E-state index in [9.17, 15) is 27.6 Å². The van der Waals surface area contributed by atoms with Crippen LogP contribution in [0.25, 0.3) is 0 Å². The van der Waals surface area contributed by atoms with Gasteiger partial charge >= 0.3 is 18.2 Å². The average Bonchev–Trinajstić information content (AvgIpc) is 2.96. The fourth-order valence-corrected chi connectivity index (χ4v) is 4.61. The Balaban J connectivity index is 1.73. The molecule has 3 N–H and O–H groups in total. The number of urea groups is 1. The minimum Gasteiger partial charge on any atom is -0.489 e. The Kier molecular flexibility index (Phi) is 12.5. The number of rotatable bonds is 12. The molecule has 2 unspecified atom stereocenters. The summed E-state index contributed by atoms with van der Waals surface area (Å²) in [6.07, 6.45) is -4.45. The third kappa shape index (κ3) is 11.9. The lowest BCUT2D eigenvalue weighted by atomic mass is 10.0. The van der Waals surface area contributed by atoms with Gasteiger partial charge in [0.15, 0.2) is 0 Å². The molecule has 12 heteroatoms. The minimum atomic E-state index is -4.72. The van der Waals surface area contributed by atoms with Gasteiger partial charge in [0, 0.05) is 12.1 Å². The minimum absolute atomic E-state index is 0.0631. The second kappa shape index (κ2) is 15.8. The number of carbonyl (C=O) groups is 3. The second-order valence-corrected chi connectivity index (χ2v) is 12.6. The Hall–Kier alpha value is -4.25. The van der Waals surface area contributed by atoms with Crippen molar-refractivity contribution in [3.63, 3.8) is 0 Å². The molecular weight excluding hydrogens is 623 g/mol. The summed E-state index contributed by atoms with van der Waals surface area (Å²) in [5, 5.41) is 7.03. The predicted molar refractivity (Wildman–Crippen MR) is 171 cm³/mol. The maximum atomic E-state index is 13.5. The molecule has 0 aliphatic carbocycles. The van der Waals surface area contributed by atoms with Gasteiger partial charge in [-0.25, -0.2) is 9.59 Å². The number of carbonyl (C=O) groups excluding carboxylic acids is 3. The van der Waals surface area contributed by atoms with Crippen molar-refractivity contribution in [2.45, 2.75) is 77.9 Å². The Bertz CT molecular complexity index is 1480. The number of halogens is 4. The molecule has 3 aromatic rings. The SMILES string of the molecule is CC(C)CC(NC(=O)Nc1ccc(Cl)c(C(F)(F)F)c1)C(=O)NC(Cc1ccc(OCc2ccccc2)cc1)C(=O)OC(C)(C)C. The van der Waals surface area contributed by atoms with Crippen LogP contribution < -0.4 is 20.7 Å². The number of amides is 3. The molecule has 8 nitrogen and oxygen atoms in total. The molecule has 0 heterocycles. The molecule has 0 fully saturated rings. The summed E-state index contributed by atoms with van der Waals surface area (Å²) >= 11 is 5.67. The number of benzene rings is 3. The first-order valence-electron chi connectivity index (χ1n) is 14.7. The van der Waals surface area contributed by atoms with Crippen molar-refractivity contribution >= 4 is 35.2 Å². The molecule has 3 amide bonds. The fraction of sp³-hybridized carbons (Fsp3) is 0.382. The zero-order chi connectivity index (χ0) is 34.1. The van der Waals surface area contributed by atoms with Crippen LogP contribution >= 0.6 is 11.6 Å². The van der Waals surface area contributed by atoms with Gasteiger partial charge < -0.3 is 25.4 Å². The number of esters is 1. The molecule has 0 saturated carbocycles. The van der Waals surface area contributed by atoms with Crippen LogP contribution in [0.1, 0.15) is 57.7 Å². The Morgan fingerprint density at radius 2 is 1.50 bits per heavy atom. The molecule has 46 heavy (non-hydrogen) atoms. The topological polar surface area (TPSA) is 106 Å². The Labute approximate surface area is 272 Å².